The molecule has 13 heteroatoms. The zero-order valence-electron chi connectivity index (χ0n) is 40.4. The monoisotopic (exact) mass is 929 g/mol. The first-order chi connectivity index (χ1) is 30.9. The molecular weight excluding hydrogens is 836 g/mol. The van der Waals surface area contributed by atoms with Gasteiger partial charge in [-0.1, -0.05) is 211 Å². The number of aliphatic hydroxyl groups excluding tert-OH is 4. The summed E-state index contributed by atoms with van der Waals surface area (Å²) >= 11 is 0. The number of esters is 2. The van der Waals surface area contributed by atoms with Crippen molar-refractivity contribution in [3.8, 4) is 0 Å². The van der Waals surface area contributed by atoms with Gasteiger partial charge in [0.2, 0.25) is 0 Å². The lowest BCUT2D eigenvalue weighted by molar-refractivity contribution is -0.161. The second-order valence-electron chi connectivity index (χ2n) is 17.5. The number of aliphatic hydroxyl groups is 4. The zero-order valence-corrected chi connectivity index (χ0v) is 41.3. The first-order valence-electron chi connectivity index (χ1n) is 25.2. The fraction of sp³-hybridized carbons (Fsp3) is 0.804. The van der Waals surface area contributed by atoms with Crippen LogP contribution in [0.2, 0.25) is 0 Å². The first-order valence-corrected chi connectivity index (χ1v) is 26.7. The van der Waals surface area contributed by atoms with Crippen LogP contribution < -0.4 is 0 Å². The van der Waals surface area contributed by atoms with Crippen LogP contribution in [0.25, 0.3) is 0 Å². The number of ether oxygens (including phenoxy) is 2. The van der Waals surface area contributed by atoms with Crippen LogP contribution in [0.15, 0.2) is 48.6 Å². The van der Waals surface area contributed by atoms with Crippen molar-refractivity contribution < 1.29 is 58.0 Å². The van der Waals surface area contributed by atoms with Gasteiger partial charge in [0, 0.05) is 12.8 Å². The molecule has 64 heavy (non-hydrogen) atoms. The van der Waals surface area contributed by atoms with Gasteiger partial charge in [-0.05, 0) is 38.0 Å². The van der Waals surface area contributed by atoms with Gasteiger partial charge in [-0.25, -0.2) is 4.57 Å². The molecule has 0 heterocycles. The number of unbranched alkanes of at least 4 members (excludes halogenated alkanes) is 19. The van der Waals surface area contributed by atoms with Gasteiger partial charge in [-0.15, -0.1) is 0 Å². The molecule has 12 nitrogen and oxygen atoms in total. The number of carbonyl (C=O) groups is 2. The van der Waals surface area contributed by atoms with E-state index in [1.165, 1.54) is 103 Å². The van der Waals surface area contributed by atoms with Crippen molar-refractivity contribution >= 4 is 19.8 Å². The quantitative estimate of drug-likeness (QED) is 0.0168. The average Bonchev–Trinajstić information content (AvgIpc) is 3.27. The summed E-state index contributed by atoms with van der Waals surface area (Å²) in [5.41, 5.74) is 0. The normalized spacial score (nSPS) is 15.6. The van der Waals surface area contributed by atoms with Crippen molar-refractivity contribution in [3.05, 3.63) is 48.6 Å². The molecule has 374 valence electrons. The van der Waals surface area contributed by atoms with E-state index in [1.54, 1.807) is 18.2 Å². The number of phosphoric acid groups is 1. The van der Waals surface area contributed by atoms with Gasteiger partial charge in [0.05, 0.1) is 32.0 Å². The highest BCUT2D eigenvalue weighted by Gasteiger charge is 2.27. The van der Waals surface area contributed by atoms with E-state index in [0.29, 0.717) is 25.7 Å². The summed E-state index contributed by atoms with van der Waals surface area (Å²) in [6, 6.07) is 0. The van der Waals surface area contributed by atoms with Crippen molar-refractivity contribution in [1.82, 2.24) is 0 Å². The van der Waals surface area contributed by atoms with Gasteiger partial charge in [0.1, 0.15) is 12.7 Å². The Bertz CT molecular complexity index is 1250. The highest BCUT2D eigenvalue weighted by molar-refractivity contribution is 7.47. The summed E-state index contributed by atoms with van der Waals surface area (Å²) in [5.74, 6) is -0.264. The maximum Gasteiger partial charge on any atom is 0.472 e. The Morgan fingerprint density at radius 1 is 0.562 bits per heavy atom. The molecule has 6 atom stereocenters. The third kappa shape index (κ3) is 43.7. The molecule has 0 fully saturated rings. The van der Waals surface area contributed by atoms with E-state index in [2.05, 4.69) is 25.3 Å². The lowest BCUT2D eigenvalue weighted by Crippen LogP contribution is -2.30. The average molecular weight is 929 g/mol. The highest BCUT2D eigenvalue weighted by atomic mass is 31.2. The molecule has 0 rings (SSSR count). The predicted molar refractivity (Wildman–Crippen MR) is 259 cm³/mol. The summed E-state index contributed by atoms with van der Waals surface area (Å²) in [4.78, 5) is 35.2. The number of hydrogen-bond acceptors (Lipinski definition) is 11. The predicted octanol–water partition coefficient (Wildman–Crippen LogP) is 11.9. The maximum atomic E-state index is 12.7. The molecule has 0 aliphatic carbocycles. The van der Waals surface area contributed by atoms with Crippen molar-refractivity contribution in [2.45, 2.75) is 231 Å². The lowest BCUT2D eigenvalue weighted by Gasteiger charge is -2.20. The second-order valence-corrected chi connectivity index (χ2v) is 18.9. The van der Waals surface area contributed by atoms with Crippen LogP contribution in [-0.2, 0) is 32.7 Å². The fourth-order valence-electron chi connectivity index (χ4n) is 6.89. The molecule has 0 bridgehead atoms. The number of allylic oxidation sites excluding steroid dienone is 6. The highest BCUT2D eigenvalue weighted by Crippen LogP contribution is 2.43. The molecule has 0 saturated heterocycles. The lowest BCUT2D eigenvalue weighted by atomic mass is 9.99. The number of hydrogen-bond donors (Lipinski definition) is 5. The van der Waals surface area contributed by atoms with E-state index in [-0.39, 0.29) is 12.8 Å². The van der Waals surface area contributed by atoms with Gasteiger partial charge < -0.3 is 34.8 Å². The second kappa shape index (κ2) is 44.7. The van der Waals surface area contributed by atoms with Gasteiger partial charge in [-0.3, -0.25) is 18.6 Å². The molecule has 0 aromatic rings. The van der Waals surface area contributed by atoms with Gasteiger partial charge >= 0.3 is 19.8 Å². The SMILES string of the molecule is CCCCC[C@H](O)/C=C/C=C\C/C=C\C=C\[C@H](O)CCCC(=O)OC[C@H](COP(=O)(O)OC[C@@H](O)CO)OC(=O)CCCCCCCCCCCCCCCCCCCCC(C)CC. The molecule has 0 amide bonds. The van der Waals surface area contributed by atoms with Crippen molar-refractivity contribution in [1.29, 1.82) is 0 Å². The topological polar surface area (TPSA) is 189 Å². The molecular formula is C51H93O12P. The minimum absolute atomic E-state index is 0.00637. The zero-order chi connectivity index (χ0) is 47.4. The Morgan fingerprint density at radius 2 is 1.02 bits per heavy atom. The molecule has 0 aliphatic rings. The number of carbonyl (C=O) groups excluding carboxylic acids is 2. The largest absolute Gasteiger partial charge is 0.472 e. The molecule has 0 saturated carbocycles. The van der Waals surface area contributed by atoms with Gasteiger partial charge in [0.15, 0.2) is 6.10 Å². The van der Waals surface area contributed by atoms with E-state index >= 15 is 0 Å². The van der Waals surface area contributed by atoms with Gasteiger partial charge in [0.25, 0.3) is 0 Å². The fourth-order valence-corrected chi connectivity index (χ4v) is 7.68. The third-order valence-electron chi connectivity index (χ3n) is 11.2. The molecule has 5 N–H and O–H groups in total. The van der Waals surface area contributed by atoms with Crippen LogP contribution >= 0.6 is 7.82 Å². The maximum absolute atomic E-state index is 12.7. The van der Waals surface area contributed by atoms with Crippen molar-refractivity contribution in [2.24, 2.45) is 5.92 Å². The smallest absolute Gasteiger partial charge is 0.462 e. The van der Waals surface area contributed by atoms with Crippen molar-refractivity contribution in [3.63, 3.8) is 0 Å². The van der Waals surface area contributed by atoms with Crippen LogP contribution in [-0.4, -0.2) is 88.1 Å². The molecule has 0 aromatic heterocycles. The Hall–Kier alpha value is -2.15. The van der Waals surface area contributed by atoms with Crippen LogP contribution in [0.1, 0.15) is 207 Å². The summed E-state index contributed by atoms with van der Waals surface area (Å²) in [7, 11) is -4.68. The van der Waals surface area contributed by atoms with Crippen LogP contribution in [0, 0.1) is 5.92 Å². The standard InChI is InChI=1S/C51H93O12P/c1-4-6-28-35-46(53)36-30-25-21-19-22-26-31-37-47(54)38-33-40-50(56)60-43-49(44-62-64(58,59)61-42-48(55)41-52)63-51(57)39-32-27-23-18-16-14-12-10-8-7-9-11-13-15-17-20-24-29-34-45(3)5-2/h21-22,25-26,30-31,36-37,45-49,52-55H,4-20,23-24,27-29,32-35,38-44H2,1-3H3,(H,58,59)/b25-21-,26-22-,36-30+,37-31+/t45?,46-,47-,48-,49+/m0/s1. The molecule has 0 aliphatic heterocycles. The van der Waals surface area contributed by atoms with E-state index in [1.807, 2.05) is 30.4 Å². The number of rotatable bonds is 46. The molecule has 2 unspecified atom stereocenters. The minimum atomic E-state index is -4.68. The Morgan fingerprint density at radius 3 is 1.52 bits per heavy atom. The van der Waals surface area contributed by atoms with Crippen LogP contribution in [0.5, 0.6) is 0 Å². The van der Waals surface area contributed by atoms with E-state index < -0.39 is 70.6 Å². The molecule has 0 aromatic carbocycles. The Labute approximate surface area is 389 Å². The summed E-state index contributed by atoms with van der Waals surface area (Å²) < 4.78 is 32.7. The first kappa shape index (κ1) is 61.9. The van der Waals surface area contributed by atoms with E-state index in [9.17, 15) is 34.4 Å². The van der Waals surface area contributed by atoms with Gasteiger partial charge in [-0.2, -0.15) is 0 Å². The molecule has 0 radical (unpaired) electrons. The molecule has 0 spiro atoms. The van der Waals surface area contributed by atoms with E-state index in [0.717, 1.165) is 50.9 Å². The minimum Gasteiger partial charge on any atom is -0.462 e. The number of phosphoric ester groups is 1. The third-order valence-corrected chi connectivity index (χ3v) is 12.2. The summed E-state index contributed by atoms with van der Waals surface area (Å²) in [6.45, 7) is 4.43. The summed E-state index contributed by atoms with van der Waals surface area (Å²) in [6.07, 6.45) is 41.4. The van der Waals surface area contributed by atoms with E-state index in [4.69, 9.17) is 19.1 Å². The Balaban J connectivity index is 4.37. The summed E-state index contributed by atoms with van der Waals surface area (Å²) in [5, 5.41) is 38.6. The van der Waals surface area contributed by atoms with Crippen molar-refractivity contribution in [2.75, 3.05) is 26.4 Å². The Kier molecular flexibility index (Phi) is 43.2. The van der Waals surface area contributed by atoms with Crippen LogP contribution in [0.4, 0.5) is 0 Å². The van der Waals surface area contributed by atoms with Crippen LogP contribution in [0.3, 0.4) is 0 Å².